The monoisotopic (exact) mass is 252 g/mol. The zero-order valence-corrected chi connectivity index (χ0v) is 11.8. The van der Waals surface area contributed by atoms with E-state index in [9.17, 15) is 4.79 Å². The SMILES string of the molecule is CCN1CCCC(CNC(=O)CC2CCCC2)C1. The molecule has 0 bridgehead atoms. The van der Waals surface area contributed by atoms with E-state index < -0.39 is 0 Å². The Bertz CT molecular complexity index is 261. The van der Waals surface area contributed by atoms with Gasteiger partial charge in [-0.15, -0.1) is 0 Å². The Morgan fingerprint density at radius 2 is 1.89 bits per heavy atom. The molecule has 1 atom stereocenters. The number of nitrogens with one attached hydrogen (secondary N) is 1. The average Bonchev–Trinajstić information content (AvgIpc) is 2.89. The molecule has 1 amide bonds. The van der Waals surface area contributed by atoms with Crippen molar-refractivity contribution >= 4 is 5.91 Å². The van der Waals surface area contributed by atoms with Crippen LogP contribution in [0.3, 0.4) is 0 Å². The first-order valence-electron chi connectivity index (χ1n) is 7.77. The van der Waals surface area contributed by atoms with E-state index in [4.69, 9.17) is 0 Å². The Balaban J connectivity index is 1.62. The normalized spacial score (nSPS) is 26.4. The standard InChI is InChI=1S/C15H28N2O/c1-2-17-9-5-8-14(12-17)11-16-15(18)10-13-6-3-4-7-13/h13-14H,2-12H2,1H3,(H,16,18). The minimum Gasteiger partial charge on any atom is -0.356 e. The molecule has 0 aromatic rings. The van der Waals surface area contributed by atoms with Gasteiger partial charge < -0.3 is 10.2 Å². The topological polar surface area (TPSA) is 32.3 Å². The molecule has 0 aromatic heterocycles. The van der Waals surface area contributed by atoms with Crippen LogP contribution in [0.5, 0.6) is 0 Å². The number of hydrogen-bond donors (Lipinski definition) is 1. The van der Waals surface area contributed by atoms with Crippen LogP contribution in [-0.4, -0.2) is 37.0 Å². The van der Waals surface area contributed by atoms with Crippen molar-refractivity contribution in [3.8, 4) is 0 Å². The van der Waals surface area contributed by atoms with Crippen molar-refractivity contribution in [3.05, 3.63) is 0 Å². The summed E-state index contributed by atoms with van der Waals surface area (Å²) in [5, 5.41) is 3.16. The Labute approximate surface area is 111 Å². The van der Waals surface area contributed by atoms with Gasteiger partial charge in [-0.2, -0.15) is 0 Å². The molecule has 2 fully saturated rings. The molecule has 1 heterocycles. The molecule has 0 spiro atoms. The van der Waals surface area contributed by atoms with Crippen LogP contribution in [0.2, 0.25) is 0 Å². The van der Waals surface area contributed by atoms with E-state index >= 15 is 0 Å². The van der Waals surface area contributed by atoms with Crippen molar-refractivity contribution in [1.82, 2.24) is 10.2 Å². The van der Waals surface area contributed by atoms with Crippen LogP contribution in [0.25, 0.3) is 0 Å². The molecule has 104 valence electrons. The van der Waals surface area contributed by atoms with Gasteiger partial charge in [0.25, 0.3) is 0 Å². The van der Waals surface area contributed by atoms with Gasteiger partial charge in [0.2, 0.25) is 5.91 Å². The maximum absolute atomic E-state index is 11.9. The van der Waals surface area contributed by atoms with E-state index in [1.807, 2.05) is 0 Å². The van der Waals surface area contributed by atoms with Gasteiger partial charge in [-0.05, 0) is 50.6 Å². The lowest BCUT2D eigenvalue weighted by atomic mass is 9.97. The first-order chi connectivity index (χ1) is 8.78. The van der Waals surface area contributed by atoms with E-state index in [2.05, 4.69) is 17.1 Å². The lowest BCUT2D eigenvalue weighted by molar-refractivity contribution is -0.122. The van der Waals surface area contributed by atoms with Crippen molar-refractivity contribution in [2.45, 2.75) is 51.9 Å². The van der Waals surface area contributed by atoms with Gasteiger partial charge in [0.1, 0.15) is 0 Å². The number of rotatable bonds is 5. The highest BCUT2D eigenvalue weighted by atomic mass is 16.1. The summed E-state index contributed by atoms with van der Waals surface area (Å²) < 4.78 is 0. The summed E-state index contributed by atoms with van der Waals surface area (Å²) in [5.41, 5.74) is 0. The highest BCUT2D eigenvalue weighted by Gasteiger charge is 2.21. The van der Waals surface area contributed by atoms with Crippen molar-refractivity contribution in [3.63, 3.8) is 0 Å². The second-order valence-electron chi connectivity index (χ2n) is 6.06. The van der Waals surface area contributed by atoms with Gasteiger partial charge in [0.15, 0.2) is 0 Å². The molecule has 1 unspecified atom stereocenters. The third kappa shape index (κ3) is 4.27. The molecule has 2 rings (SSSR count). The van der Waals surface area contributed by atoms with E-state index in [1.54, 1.807) is 0 Å². The van der Waals surface area contributed by atoms with Crippen LogP contribution >= 0.6 is 0 Å². The van der Waals surface area contributed by atoms with Crippen molar-refractivity contribution in [2.75, 3.05) is 26.2 Å². The van der Waals surface area contributed by atoms with E-state index in [0.29, 0.717) is 11.8 Å². The number of hydrogen-bond acceptors (Lipinski definition) is 2. The van der Waals surface area contributed by atoms with Crippen molar-refractivity contribution < 1.29 is 4.79 Å². The Morgan fingerprint density at radius 1 is 1.17 bits per heavy atom. The molecule has 1 aliphatic heterocycles. The zero-order chi connectivity index (χ0) is 12.8. The average molecular weight is 252 g/mol. The summed E-state index contributed by atoms with van der Waals surface area (Å²) in [4.78, 5) is 14.4. The first kappa shape index (κ1) is 13.9. The van der Waals surface area contributed by atoms with Gasteiger partial charge in [0, 0.05) is 19.5 Å². The lowest BCUT2D eigenvalue weighted by Gasteiger charge is -2.31. The first-order valence-corrected chi connectivity index (χ1v) is 7.77. The fourth-order valence-corrected chi connectivity index (χ4v) is 3.41. The summed E-state index contributed by atoms with van der Waals surface area (Å²) in [5.74, 6) is 1.63. The van der Waals surface area contributed by atoms with Crippen LogP contribution in [0.4, 0.5) is 0 Å². The highest BCUT2D eigenvalue weighted by molar-refractivity contribution is 5.76. The molecule has 0 aromatic carbocycles. The van der Waals surface area contributed by atoms with Crippen LogP contribution < -0.4 is 5.32 Å². The van der Waals surface area contributed by atoms with Crippen LogP contribution in [-0.2, 0) is 4.79 Å². The van der Waals surface area contributed by atoms with Gasteiger partial charge in [-0.25, -0.2) is 0 Å². The molecule has 1 aliphatic carbocycles. The van der Waals surface area contributed by atoms with Gasteiger partial charge in [-0.1, -0.05) is 19.8 Å². The number of carbonyl (C=O) groups is 1. The number of likely N-dealkylation sites (tertiary alicyclic amines) is 1. The minimum atomic E-state index is 0.288. The minimum absolute atomic E-state index is 0.288. The smallest absolute Gasteiger partial charge is 0.220 e. The summed E-state index contributed by atoms with van der Waals surface area (Å²) in [6, 6.07) is 0. The summed E-state index contributed by atoms with van der Waals surface area (Å²) >= 11 is 0. The summed E-state index contributed by atoms with van der Waals surface area (Å²) in [6.07, 6.45) is 8.51. The number of carbonyl (C=O) groups excluding carboxylic acids is 1. The fourth-order valence-electron chi connectivity index (χ4n) is 3.41. The maximum atomic E-state index is 11.9. The predicted molar refractivity (Wildman–Crippen MR) is 74.4 cm³/mol. The molecule has 1 saturated carbocycles. The number of piperidine rings is 1. The Hall–Kier alpha value is -0.570. The van der Waals surface area contributed by atoms with Gasteiger partial charge in [0.05, 0.1) is 0 Å². The highest BCUT2D eigenvalue weighted by Crippen LogP contribution is 2.27. The predicted octanol–water partition coefficient (Wildman–Crippen LogP) is 2.41. The van der Waals surface area contributed by atoms with Crippen LogP contribution in [0, 0.1) is 11.8 Å². The third-order valence-corrected chi connectivity index (χ3v) is 4.59. The maximum Gasteiger partial charge on any atom is 0.220 e. The zero-order valence-electron chi connectivity index (χ0n) is 11.8. The van der Waals surface area contributed by atoms with Crippen LogP contribution in [0.15, 0.2) is 0 Å². The molecule has 3 nitrogen and oxygen atoms in total. The molecular weight excluding hydrogens is 224 g/mol. The van der Waals surface area contributed by atoms with E-state index in [1.165, 1.54) is 51.6 Å². The third-order valence-electron chi connectivity index (χ3n) is 4.59. The molecule has 3 heteroatoms. The molecule has 0 radical (unpaired) electrons. The second-order valence-corrected chi connectivity index (χ2v) is 6.06. The summed E-state index contributed by atoms with van der Waals surface area (Å²) in [7, 11) is 0. The number of nitrogens with zero attached hydrogens (tertiary/aromatic N) is 1. The van der Waals surface area contributed by atoms with E-state index in [-0.39, 0.29) is 5.91 Å². The molecular formula is C15H28N2O. The van der Waals surface area contributed by atoms with Crippen molar-refractivity contribution in [1.29, 1.82) is 0 Å². The summed E-state index contributed by atoms with van der Waals surface area (Å²) in [6.45, 7) is 6.67. The second kappa shape index (κ2) is 7.13. The Kier molecular flexibility index (Phi) is 5.48. The number of amides is 1. The molecule has 1 saturated heterocycles. The van der Waals surface area contributed by atoms with Crippen molar-refractivity contribution in [2.24, 2.45) is 11.8 Å². The van der Waals surface area contributed by atoms with Gasteiger partial charge in [-0.3, -0.25) is 4.79 Å². The lowest BCUT2D eigenvalue weighted by Crippen LogP contribution is -2.40. The molecule has 2 aliphatic rings. The Morgan fingerprint density at radius 3 is 2.61 bits per heavy atom. The quantitative estimate of drug-likeness (QED) is 0.815. The van der Waals surface area contributed by atoms with Crippen LogP contribution in [0.1, 0.15) is 51.9 Å². The molecule has 18 heavy (non-hydrogen) atoms. The fraction of sp³-hybridized carbons (Fsp3) is 0.933. The molecule has 1 N–H and O–H groups in total. The van der Waals surface area contributed by atoms with E-state index in [0.717, 1.165) is 19.5 Å². The van der Waals surface area contributed by atoms with Gasteiger partial charge >= 0.3 is 0 Å². The largest absolute Gasteiger partial charge is 0.356 e.